The van der Waals surface area contributed by atoms with Crippen molar-refractivity contribution in [2.75, 3.05) is 35.5 Å². The highest BCUT2D eigenvalue weighted by Gasteiger charge is 2.28. The zero-order chi connectivity index (χ0) is 72.8. The van der Waals surface area contributed by atoms with Crippen molar-refractivity contribution in [2.45, 2.75) is 116 Å². The number of aldehydes is 1. The number of hydrogen-bond acceptors (Lipinski definition) is 14. The van der Waals surface area contributed by atoms with Crippen LogP contribution in [0.4, 0.5) is 44.6 Å². The summed E-state index contributed by atoms with van der Waals surface area (Å²) in [4.78, 5) is 127. The second kappa shape index (κ2) is 37.2. The van der Waals surface area contributed by atoms with Crippen LogP contribution in [0.2, 0.25) is 0 Å². The van der Waals surface area contributed by atoms with E-state index in [0.717, 1.165) is 85.6 Å². The number of hydrogen-bond donors (Lipinski definition) is 9. The van der Waals surface area contributed by atoms with E-state index in [-0.39, 0.29) is 63.9 Å². The largest absolute Gasteiger partial charge is 0.457 e. The van der Waals surface area contributed by atoms with Crippen LogP contribution in [0.25, 0.3) is 32.7 Å². The van der Waals surface area contributed by atoms with E-state index < -0.39 is 53.4 Å². The van der Waals surface area contributed by atoms with E-state index in [4.69, 9.17) is 43.2 Å². The van der Waals surface area contributed by atoms with Gasteiger partial charge in [-0.3, -0.25) is 33.6 Å². The predicted octanol–water partition coefficient (Wildman–Crippen LogP) is 15.1. The third-order valence-corrected chi connectivity index (χ3v) is 15.9. The van der Waals surface area contributed by atoms with Crippen molar-refractivity contribution in [1.29, 1.82) is 0 Å². The summed E-state index contributed by atoms with van der Waals surface area (Å²) in [5.74, 6) is -1.38. The van der Waals surface area contributed by atoms with Crippen molar-refractivity contribution < 1.29 is 60.9 Å². The maximum absolute atomic E-state index is 12.8. The number of nitrogens with one attached hydrogen (secondary N) is 8. The number of ether oxygens (including phenoxy) is 3. The number of anilines is 3. The Morgan fingerprint density at radius 3 is 1.18 bits per heavy atom. The third kappa shape index (κ3) is 22.6. The number of alkyl halides is 5. The van der Waals surface area contributed by atoms with Crippen LogP contribution in [-0.4, -0.2) is 87.9 Å². The van der Waals surface area contributed by atoms with E-state index in [1.165, 1.54) is 38.4 Å². The van der Waals surface area contributed by atoms with Crippen LogP contribution in [0.3, 0.4) is 0 Å². The summed E-state index contributed by atoms with van der Waals surface area (Å²) >= 11 is 14.1. The molecule has 22 nitrogen and oxygen atoms in total. The number of halogens is 6. The van der Waals surface area contributed by atoms with Gasteiger partial charge in [-0.25, -0.2) is 14.4 Å². The van der Waals surface area contributed by atoms with Gasteiger partial charge in [0.05, 0.1) is 31.6 Å². The van der Waals surface area contributed by atoms with E-state index >= 15 is 0 Å². The van der Waals surface area contributed by atoms with Crippen molar-refractivity contribution in [3.05, 3.63) is 227 Å². The highest BCUT2D eigenvalue weighted by molar-refractivity contribution is 6.61. The van der Waals surface area contributed by atoms with Crippen LogP contribution in [0.5, 0.6) is 0 Å². The molecule has 3 aromatic heterocycles. The Hall–Kier alpha value is -10.3. The highest BCUT2D eigenvalue weighted by Crippen LogP contribution is 2.35. The van der Waals surface area contributed by atoms with Crippen LogP contribution >= 0.6 is 34.8 Å². The molecule has 3 atom stereocenters. The number of aryl methyl sites for hydroxylation is 3. The van der Waals surface area contributed by atoms with Gasteiger partial charge in [-0.2, -0.15) is 13.2 Å². The van der Waals surface area contributed by atoms with Gasteiger partial charge in [-0.15, -0.1) is 23.2 Å². The minimum Gasteiger partial charge on any atom is -0.457 e. The first-order chi connectivity index (χ1) is 47.6. The van der Waals surface area contributed by atoms with E-state index in [1.54, 1.807) is 48.5 Å². The number of nitrogens with two attached hydrogens (primary N) is 1. The van der Waals surface area contributed by atoms with Gasteiger partial charge >= 0.3 is 23.8 Å². The summed E-state index contributed by atoms with van der Waals surface area (Å²) in [6.45, 7) is 5.47. The van der Waals surface area contributed by atoms with Crippen LogP contribution in [0, 0.1) is 0 Å². The number of methoxy groups -OCH3 is 2. The molecule has 534 valence electrons. The zero-order valence-electron chi connectivity index (χ0n) is 54.9. The molecular formula is C73H77Cl3F3N9O13. The number of rotatable bonds is 8. The topological polar surface area (TPSA) is 332 Å². The Kier molecular flexibility index (Phi) is 29.3. The zero-order valence-corrected chi connectivity index (χ0v) is 57.2. The van der Waals surface area contributed by atoms with Crippen LogP contribution in [0.1, 0.15) is 149 Å². The molecule has 12 rings (SSSR count). The van der Waals surface area contributed by atoms with Crippen molar-refractivity contribution in [1.82, 2.24) is 25.6 Å². The average molecular weight is 1450 g/mol. The minimum absolute atomic E-state index is 0. The number of carbonyl (C=O) groups excluding carboxylic acids is 7. The lowest BCUT2D eigenvalue weighted by Crippen LogP contribution is -2.36. The maximum Gasteiger partial charge on any atom is 0.446 e. The van der Waals surface area contributed by atoms with Crippen LogP contribution in [-0.2, 0) is 38.3 Å². The molecule has 0 bridgehead atoms. The molecule has 6 aromatic carbocycles. The number of pyridine rings is 3. The monoisotopic (exact) mass is 1450 g/mol. The number of carbonyl (C=O) groups is 7. The Morgan fingerprint density at radius 1 is 0.535 bits per heavy atom. The third-order valence-electron chi connectivity index (χ3n) is 15.8. The molecule has 3 aliphatic rings. The highest BCUT2D eigenvalue weighted by atomic mass is 35.5. The van der Waals surface area contributed by atoms with Gasteiger partial charge in [0, 0.05) is 86.0 Å². The summed E-state index contributed by atoms with van der Waals surface area (Å²) < 4.78 is 45.2. The van der Waals surface area contributed by atoms with Crippen molar-refractivity contribution in [2.24, 2.45) is 5.73 Å². The van der Waals surface area contributed by atoms with Gasteiger partial charge in [-0.05, 0) is 185 Å². The van der Waals surface area contributed by atoms with E-state index in [2.05, 4.69) is 57.9 Å². The standard InChI is InChI=1S/C25H27N3O4.C22H21N3O4.C20H19N3O2.C2H3ClO2.C2HF3O.CH2Cl2.CH4/c1-25(2,3)32-24(31)28-21-10-6-7-15-11-12-16(13-18(15)21)27-23(30)19-14-26-20-9-5-4-8-17(20)22(19)29;1-29-22(28)25-19-8-4-5-13-9-10-14(11-16(13)19)24-21(27)17-12-23-18-7-3-2-6-15(18)20(17)26;21-17-6-3-4-12-8-9-13(10-15(12)17)23-20(25)16-11-22-18-7-2-1-5-14(18)19(16)24;1-5-2(3)4;3-2(4,5)1-6;2-1-3;/h4-5,8-9,11-14,21H,6-7,10H2,1-3H3,(H,26,29)(H,27,30)(H,28,31);2-3,6-7,9-12,19H,4-5,8H2,1H3,(H,23,26)(H,24,27)(H,25,28);1-2,5,7-11,17H,3-4,6,21H2,(H,22,24)(H,23,25);1H3;1H;1H2;1H4. The number of amides is 5. The molecule has 101 heavy (non-hydrogen) atoms. The van der Waals surface area contributed by atoms with Crippen molar-refractivity contribution in [3.63, 3.8) is 0 Å². The molecule has 3 unspecified atom stereocenters. The SMILES string of the molecule is C.CC(C)(C)OC(=O)NC1CCCc2ccc(NC(=O)c3c[nH]c4ccccc4c3=O)cc21.COC(=O)Cl.COC(=O)NC1CCCc2ccc(NC(=O)c3c[nH]c4ccccc4c3=O)cc21.ClCCl.NC1CCCc2ccc(NC(=O)c3c[nH]c4ccccc4c3=O)cc21.O=CC(F)(F)F. The molecule has 0 saturated heterocycles. The van der Waals surface area contributed by atoms with E-state index in [1.807, 2.05) is 99.6 Å². The average Bonchev–Trinajstić information content (AvgIpc) is 0.813. The van der Waals surface area contributed by atoms with E-state index in [9.17, 15) is 56.3 Å². The second-order valence-electron chi connectivity index (χ2n) is 23.7. The molecular weight excluding hydrogens is 1370 g/mol. The number of fused-ring (bicyclic) bond motifs is 6. The number of H-pyrrole nitrogens is 3. The van der Waals surface area contributed by atoms with Gasteiger partial charge in [0.2, 0.25) is 22.6 Å². The number of para-hydroxylation sites is 3. The van der Waals surface area contributed by atoms with Crippen LogP contribution < -0.4 is 48.6 Å². The first-order valence-corrected chi connectivity index (χ1v) is 32.7. The lowest BCUT2D eigenvalue weighted by Gasteiger charge is -2.28. The van der Waals surface area contributed by atoms with Gasteiger partial charge in [-0.1, -0.05) is 62.0 Å². The summed E-state index contributed by atoms with van der Waals surface area (Å²) in [5, 5.41) is 15.9. The molecule has 3 aliphatic carbocycles. The Balaban J connectivity index is 0.000000217. The Labute approximate surface area is 593 Å². The number of benzene rings is 6. The smallest absolute Gasteiger partial charge is 0.446 e. The molecule has 0 spiro atoms. The van der Waals surface area contributed by atoms with Gasteiger partial charge in [0.25, 0.3) is 17.7 Å². The number of aromatic nitrogens is 3. The lowest BCUT2D eigenvalue weighted by atomic mass is 9.87. The summed E-state index contributed by atoms with van der Waals surface area (Å²) in [7, 11) is 2.55. The first-order valence-electron chi connectivity index (χ1n) is 31.3. The minimum atomic E-state index is -4.64. The summed E-state index contributed by atoms with van der Waals surface area (Å²) in [6.07, 6.45) is 6.04. The predicted molar refractivity (Wildman–Crippen MR) is 387 cm³/mol. The molecule has 0 saturated carbocycles. The van der Waals surface area contributed by atoms with Crippen molar-refractivity contribution >= 4 is 126 Å². The lowest BCUT2D eigenvalue weighted by molar-refractivity contribution is -0.156. The maximum atomic E-state index is 12.8. The fourth-order valence-electron chi connectivity index (χ4n) is 11.2. The Morgan fingerprint density at radius 2 is 0.851 bits per heavy atom. The van der Waals surface area contributed by atoms with Gasteiger partial charge in [0.15, 0.2) is 0 Å². The first kappa shape index (κ1) is 79.6. The quantitative estimate of drug-likeness (QED) is 0.0296. The molecule has 10 N–H and O–H groups in total. The molecule has 0 radical (unpaired) electrons. The molecule has 9 aromatic rings. The molecule has 0 fully saturated rings. The number of aromatic amines is 3. The Bertz CT molecular complexity index is 4640. The summed E-state index contributed by atoms with van der Waals surface area (Å²) in [5.41, 5.74) is 14.4. The van der Waals surface area contributed by atoms with Crippen molar-refractivity contribution in [3.8, 4) is 0 Å². The molecule has 28 heteroatoms. The molecule has 5 amide bonds. The number of alkyl carbamates (subject to hydrolysis) is 2. The molecule has 0 aliphatic heterocycles. The normalized spacial score (nSPS) is 14.6. The fraction of sp³-hybridized carbons (Fsp3) is 0.288. The van der Waals surface area contributed by atoms with Gasteiger partial charge in [0.1, 0.15) is 22.3 Å². The van der Waals surface area contributed by atoms with Gasteiger partial charge < -0.3 is 61.5 Å². The molecule has 3 heterocycles. The second-order valence-corrected chi connectivity index (χ2v) is 24.8. The van der Waals surface area contributed by atoms with Crippen LogP contribution in [0.15, 0.2) is 160 Å². The van der Waals surface area contributed by atoms with E-state index in [0.29, 0.717) is 49.8 Å². The summed E-state index contributed by atoms with van der Waals surface area (Å²) in [6, 6.07) is 38.0. The fourth-order valence-corrected chi connectivity index (χ4v) is 11.2.